The highest BCUT2D eigenvalue weighted by atomic mass is 16.6. The molecule has 130 valence electrons. The van der Waals surface area contributed by atoms with E-state index in [1.54, 1.807) is 31.4 Å². The number of methoxy groups -OCH3 is 2. The van der Waals surface area contributed by atoms with Gasteiger partial charge in [0, 0.05) is 19.6 Å². The Balaban J connectivity index is 1.84. The van der Waals surface area contributed by atoms with Gasteiger partial charge in [-0.2, -0.15) is 0 Å². The van der Waals surface area contributed by atoms with Crippen molar-refractivity contribution in [2.24, 2.45) is 5.92 Å². The predicted molar refractivity (Wildman–Crippen MR) is 86.5 cm³/mol. The van der Waals surface area contributed by atoms with Crippen LogP contribution in [-0.4, -0.2) is 62.4 Å². The first-order valence-electron chi connectivity index (χ1n) is 8.15. The van der Waals surface area contributed by atoms with Gasteiger partial charge in [0.25, 0.3) is 0 Å². The van der Waals surface area contributed by atoms with Gasteiger partial charge in [0.15, 0.2) is 0 Å². The van der Waals surface area contributed by atoms with Gasteiger partial charge in [0.05, 0.1) is 24.8 Å². The number of carbonyl (C=O) groups excluding carboxylic acids is 2. The van der Waals surface area contributed by atoms with E-state index in [1.165, 1.54) is 7.11 Å². The zero-order valence-electron chi connectivity index (χ0n) is 14.2. The second-order valence-electron chi connectivity index (χ2n) is 6.41. The Kier molecular flexibility index (Phi) is 4.87. The zero-order chi connectivity index (χ0) is 17.3. The molecule has 6 nitrogen and oxygen atoms in total. The van der Waals surface area contributed by atoms with Gasteiger partial charge in [-0.05, 0) is 25.6 Å². The number of fused-ring (bicyclic) bond motifs is 2. The molecule has 3 rings (SSSR count). The summed E-state index contributed by atoms with van der Waals surface area (Å²) in [7, 11) is 5.00. The SMILES string of the molecule is COC(=O)[C@@H]1[C@H]2[C@H](OC)C[C@H](C[C@H]1OC(=O)c1ccccc1)N2C. The van der Waals surface area contributed by atoms with Crippen molar-refractivity contribution in [1.82, 2.24) is 4.90 Å². The van der Waals surface area contributed by atoms with Crippen LogP contribution < -0.4 is 0 Å². The van der Waals surface area contributed by atoms with Crippen molar-refractivity contribution >= 4 is 11.9 Å². The van der Waals surface area contributed by atoms with Gasteiger partial charge < -0.3 is 14.2 Å². The third-order valence-electron chi connectivity index (χ3n) is 5.25. The second kappa shape index (κ2) is 6.91. The third-order valence-corrected chi connectivity index (χ3v) is 5.25. The lowest BCUT2D eigenvalue weighted by molar-refractivity contribution is -0.158. The first kappa shape index (κ1) is 16.9. The van der Waals surface area contributed by atoms with Crippen molar-refractivity contribution in [3.63, 3.8) is 0 Å². The molecule has 1 aromatic rings. The number of hydrogen-bond acceptors (Lipinski definition) is 6. The molecule has 0 spiro atoms. The summed E-state index contributed by atoms with van der Waals surface area (Å²) < 4.78 is 16.3. The zero-order valence-corrected chi connectivity index (χ0v) is 14.2. The van der Waals surface area contributed by atoms with E-state index in [1.807, 2.05) is 13.1 Å². The third kappa shape index (κ3) is 2.91. The van der Waals surface area contributed by atoms with E-state index in [0.717, 1.165) is 6.42 Å². The number of ether oxygens (including phenoxy) is 3. The molecule has 0 radical (unpaired) electrons. The molecule has 2 bridgehead atoms. The standard InChI is InChI=1S/C18H23NO5/c1-19-12-9-13(24-17(20)11-7-5-4-6-8-11)15(18(21)23-3)16(19)14(10-12)22-2/h4-8,12-16H,9-10H2,1-3H3/t12-,13+,14+,15-,16+/m0/s1. The van der Waals surface area contributed by atoms with E-state index in [-0.39, 0.29) is 24.2 Å². The maximum atomic E-state index is 12.4. The van der Waals surface area contributed by atoms with E-state index in [4.69, 9.17) is 14.2 Å². The van der Waals surface area contributed by atoms with Gasteiger partial charge >= 0.3 is 11.9 Å². The molecule has 6 heteroatoms. The Morgan fingerprint density at radius 1 is 1.08 bits per heavy atom. The summed E-state index contributed by atoms with van der Waals surface area (Å²) in [6.45, 7) is 0. The lowest BCUT2D eigenvalue weighted by Crippen LogP contribution is -2.55. The molecule has 0 aromatic heterocycles. The fourth-order valence-electron chi connectivity index (χ4n) is 4.03. The van der Waals surface area contributed by atoms with Crippen molar-refractivity contribution in [2.45, 2.75) is 37.1 Å². The van der Waals surface area contributed by atoms with Crippen LogP contribution in [0.4, 0.5) is 0 Å². The number of rotatable bonds is 4. The highest BCUT2D eigenvalue weighted by molar-refractivity contribution is 5.89. The molecule has 2 heterocycles. The summed E-state index contributed by atoms with van der Waals surface area (Å²) in [6.07, 6.45) is 0.858. The van der Waals surface area contributed by atoms with Gasteiger partial charge in [-0.1, -0.05) is 18.2 Å². The largest absolute Gasteiger partial charge is 0.469 e. The van der Waals surface area contributed by atoms with Crippen molar-refractivity contribution < 1.29 is 23.8 Å². The Morgan fingerprint density at radius 2 is 1.75 bits per heavy atom. The van der Waals surface area contributed by atoms with Crippen LogP contribution in [0.1, 0.15) is 23.2 Å². The number of carbonyl (C=O) groups is 2. The minimum absolute atomic E-state index is 0.0653. The maximum Gasteiger partial charge on any atom is 0.338 e. The number of nitrogens with zero attached hydrogens (tertiary/aromatic N) is 1. The average molecular weight is 333 g/mol. The van der Waals surface area contributed by atoms with Crippen molar-refractivity contribution in [1.29, 1.82) is 0 Å². The Bertz CT molecular complexity index is 605. The van der Waals surface area contributed by atoms with Crippen molar-refractivity contribution in [3.05, 3.63) is 35.9 Å². The number of likely N-dealkylation sites (N-methyl/N-ethyl adjacent to an activating group) is 1. The maximum absolute atomic E-state index is 12.4. The molecule has 2 saturated heterocycles. The van der Waals surface area contributed by atoms with Gasteiger partial charge in [0.1, 0.15) is 12.0 Å². The number of piperidine rings is 1. The van der Waals surface area contributed by atoms with E-state index in [2.05, 4.69) is 4.90 Å². The average Bonchev–Trinajstić information content (AvgIpc) is 2.81. The Morgan fingerprint density at radius 3 is 2.38 bits per heavy atom. The summed E-state index contributed by atoms with van der Waals surface area (Å²) in [4.78, 5) is 27.0. The van der Waals surface area contributed by atoms with E-state index in [0.29, 0.717) is 12.0 Å². The Labute approximate surface area is 141 Å². The molecule has 24 heavy (non-hydrogen) atoms. The molecule has 2 fully saturated rings. The highest BCUT2D eigenvalue weighted by Gasteiger charge is 2.55. The fraction of sp³-hybridized carbons (Fsp3) is 0.556. The Hall–Kier alpha value is -1.92. The molecule has 5 atom stereocenters. The summed E-state index contributed by atoms with van der Waals surface area (Å²) >= 11 is 0. The molecule has 0 unspecified atom stereocenters. The summed E-state index contributed by atoms with van der Waals surface area (Å²) in [5.74, 6) is -1.32. The van der Waals surface area contributed by atoms with Crippen LogP contribution in [0, 0.1) is 5.92 Å². The molecule has 0 N–H and O–H groups in total. The minimum Gasteiger partial charge on any atom is -0.469 e. The van der Waals surface area contributed by atoms with E-state index < -0.39 is 18.0 Å². The van der Waals surface area contributed by atoms with Crippen molar-refractivity contribution in [3.8, 4) is 0 Å². The monoisotopic (exact) mass is 333 g/mol. The van der Waals surface area contributed by atoms with Crippen LogP contribution >= 0.6 is 0 Å². The first-order chi connectivity index (χ1) is 11.6. The van der Waals surface area contributed by atoms with Crippen LogP contribution in [-0.2, 0) is 19.0 Å². The number of benzene rings is 1. The molecule has 2 aliphatic rings. The summed E-state index contributed by atoms with van der Waals surface area (Å²) in [5, 5.41) is 0. The predicted octanol–water partition coefficient (Wildman–Crippen LogP) is 1.49. The molecule has 0 amide bonds. The van der Waals surface area contributed by atoms with Gasteiger partial charge in [-0.25, -0.2) is 4.79 Å². The lowest BCUT2D eigenvalue weighted by atomic mass is 9.87. The quantitative estimate of drug-likeness (QED) is 0.778. The smallest absolute Gasteiger partial charge is 0.338 e. The lowest BCUT2D eigenvalue weighted by Gasteiger charge is -2.41. The molecule has 1 aromatic carbocycles. The van der Waals surface area contributed by atoms with Crippen LogP contribution in [0.25, 0.3) is 0 Å². The topological polar surface area (TPSA) is 65.1 Å². The molecule has 0 aliphatic carbocycles. The van der Waals surface area contributed by atoms with E-state index >= 15 is 0 Å². The van der Waals surface area contributed by atoms with E-state index in [9.17, 15) is 9.59 Å². The van der Waals surface area contributed by atoms with Crippen LogP contribution in [0.5, 0.6) is 0 Å². The van der Waals surface area contributed by atoms with Crippen molar-refractivity contribution in [2.75, 3.05) is 21.3 Å². The van der Waals surface area contributed by atoms with Crippen LogP contribution in [0.2, 0.25) is 0 Å². The minimum atomic E-state index is -0.545. The molecular weight excluding hydrogens is 310 g/mol. The molecule has 2 aliphatic heterocycles. The van der Waals surface area contributed by atoms with Gasteiger partial charge in [0.2, 0.25) is 0 Å². The number of esters is 2. The van der Waals surface area contributed by atoms with Crippen LogP contribution in [0.15, 0.2) is 30.3 Å². The molecule has 0 saturated carbocycles. The molecular formula is C18H23NO5. The van der Waals surface area contributed by atoms with Gasteiger partial charge in [-0.15, -0.1) is 0 Å². The fourth-order valence-corrected chi connectivity index (χ4v) is 4.03. The second-order valence-corrected chi connectivity index (χ2v) is 6.41. The van der Waals surface area contributed by atoms with Crippen LogP contribution in [0.3, 0.4) is 0 Å². The first-order valence-corrected chi connectivity index (χ1v) is 8.15. The van der Waals surface area contributed by atoms with Gasteiger partial charge in [-0.3, -0.25) is 9.69 Å². The summed E-state index contributed by atoms with van der Waals surface area (Å²) in [6, 6.07) is 8.91. The normalized spacial score (nSPS) is 32.4. The number of hydrogen-bond donors (Lipinski definition) is 0. The highest BCUT2D eigenvalue weighted by Crippen LogP contribution is 2.41. The summed E-state index contributed by atoms with van der Waals surface area (Å²) in [5.41, 5.74) is 0.482.